The third kappa shape index (κ3) is 2.63. The van der Waals surface area contributed by atoms with E-state index in [0.29, 0.717) is 17.1 Å². The number of aromatic nitrogens is 2. The van der Waals surface area contributed by atoms with Gasteiger partial charge in [-0.3, -0.25) is 0 Å². The Labute approximate surface area is 111 Å². The van der Waals surface area contributed by atoms with Crippen molar-refractivity contribution in [1.82, 2.24) is 9.55 Å². The molecule has 2 aromatic rings. The summed E-state index contributed by atoms with van der Waals surface area (Å²) in [6.45, 7) is 3.56. The molecule has 0 bridgehead atoms. The normalized spacial score (nSPS) is 10.1. The lowest BCUT2D eigenvalue weighted by Gasteiger charge is -2.09. The summed E-state index contributed by atoms with van der Waals surface area (Å²) in [4.78, 5) is 4.27. The van der Waals surface area contributed by atoms with Crippen LogP contribution in [0, 0.1) is 11.3 Å². The van der Waals surface area contributed by atoms with Crippen molar-refractivity contribution in [2.75, 3.05) is 5.32 Å². The highest BCUT2D eigenvalue weighted by Gasteiger charge is 2.04. The minimum Gasteiger partial charge on any atom is -0.377 e. The highest BCUT2D eigenvalue weighted by atomic mass is 35.5. The van der Waals surface area contributed by atoms with Crippen LogP contribution in [0.4, 0.5) is 5.69 Å². The number of rotatable bonds is 4. The van der Waals surface area contributed by atoms with Crippen LogP contribution in [0.25, 0.3) is 0 Å². The van der Waals surface area contributed by atoms with E-state index in [9.17, 15) is 0 Å². The Kier molecular flexibility index (Phi) is 3.85. The average molecular weight is 261 g/mol. The van der Waals surface area contributed by atoms with E-state index in [1.54, 1.807) is 24.4 Å². The van der Waals surface area contributed by atoms with E-state index < -0.39 is 0 Å². The summed E-state index contributed by atoms with van der Waals surface area (Å²) in [5.74, 6) is 0.956. The van der Waals surface area contributed by atoms with Crippen molar-refractivity contribution in [3.05, 3.63) is 47.0 Å². The summed E-state index contributed by atoms with van der Waals surface area (Å²) in [5, 5.41) is 12.5. The van der Waals surface area contributed by atoms with E-state index in [1.807, 2.05) is 6.20 Å². The zero-order valence-corrected chi connectivity index (χ0v) is 10.8. The molecule has 4 nitrogen and oxygen atoms in total. The topological polar surface area (TPSA) is 53.6 Å². The van der Waals surface area contributed by atoms with Gasteiger partial charge in [0.15, 0.2) is 0 Å². The van der Waals surface area contributed by atoms with Crippen molar-refractivity contribution >= 4 is 17.3 Å². The zero-order chi connectivity index (χ0) is 13.0. The number of nitrogens with one attached hydrogen (secondary N) is 1. The van der Waals surface area contributed by atoms with Gasteiger partial charge in [0.25, 0.3) is 0 Å². The van der Waals surface area contributed by atoms with Crippen LogP contribution < -0.4 is 5.32 Å². The van der Waals surface area contributed by atoms with Gasteiger partial charge in [0.2, 0.25) is 0 Å². The Balaban J connectivity index is 2.09. The molecule has 18 heavy (non-hydrogen) atoms. The van der Waals surface area contributed by atoms with Gasteiger partial charge in [-0.15, -0.1) is 0 Å². The highest BCUT2D eigenvalue weighted by molar-refractivity contribution is 6.33. The lowest BCUT2D eigenvalue weighted by atomic mass is 10.2. The second kappa shape index (κ2) is 5.56. The van der Waals surface area contributed by atoms with E-state index in [0.717, 1.165) is 18.1 Å². The fourth-order valence-corrected chi connectivity index (χ4v) is 1.94. The summed E-state index contributed by atoms with van der Waals surface area (Å²) >= 11 is 6.08. The minimum absolute atomic E-state index is 0.545. The minimum atomic E-state index is 0.545. The molecular formula is C13H13ClN4. The van der Waals surface area contributed by atoms with E-state index in [1.165, 1.54) is 0 Å². The Morgan fingerprint density at radius 3 is 3.00 bits per heavy atom. The molecule has 0 aliphatic heterocycles. The fraction of sp³-hybridized carbons (Fsp3) is 0.231. The van der Waals surface area contributed by atoms with Gasteiger partial charge in [-0.1, -0.05) is 11.6 Å². The molecule has 0 spiro atoms. The van der Waals surface area contributed by atoms with E-state index in [4.69, 9.17) is 16.9 Å². The largest absolute Gasteiger partial charge is 0.377 e. The number of nitrogens with zero attached hydrogens (tertiary/aromatic N) is 3. The molecule has 0 radical (unpaired) electrons. The van der Waals surface area contributed by atoms with Gasteiger partial charge in [0.05, 0.1) is 28.9 Å². The number of hydrogen-bond donors (Lipinski definition) is 1. The molecule has 0 saturated carbocycles. The van der Waals surface area contributed by atoms with Gasteiger partial charge in [-0.25, -0.2) is 4.98 Å². The predicted molar refractivity (Wildman–Crippen MR) is 71.4 cm³/mol. The first-order chi connectivity index (χ1) is 8.74. The van der Waals surface area contributed by atoms with Crippen LogP contribution in [0.1, 0.15) is 18.3 Å². The first-order valence-electron chi connectivity index (χ1n) is 5.68. The maximum Gasteiger partial charge on any atom is 0.128 e. The van der Waals surface area contributed by atoms with Gasteiger partial charge in [-0.2, -0.15) is 5.26 Å². The smallest absolute Gasteiger partial charge is 0.128 e. The Hall–Kier alpha value is -1.99. The van der Waals surface area contributed by atoms with E-state index >= 15 is 0 Å². The average Bonchev–Trinajstić information content (AvgIpc) is 2.84. The van der Waals surface area contributed by atoms with Crippen LogP contribution >= 0.6 is 11.6 Å². The van der Waals surface area contributed by atoms with Gasteiger partial charge in [0, 0.05) is 18.9 Å². The van der Waals surface area contributed by atoms with Crippen molar-refractivity contribution in [3.63, 3.8) is 0 Å². The third-order valence-corrected chi connectivity index (χ3v) is 2.99. The number of imidazole rings is 1. The SMILES string of the molecule is CCn1ccnc1CNc1ccc(C#N)cc1Cl. The van der Waals surface area contributed by atoms with Crippen molar-refractivity contribution in [2.45, 2.75) is 20.0 Å². The second-order valence-corrected chi connectivity index (χ2v) is 4.20. The monoisotopic (exact) mass is 260 g/mol. The van der Waals surface area contributed by atoms with Gasteiger partial charge >= 0.3 is 0 Å². The Morgan fingerprint density at radius 1 is 1.50 bits per heavy atom. The molecule has 0 unspecified atom stereocenters. The fourth-order valence-electron chi connectivity index (χ4n) is 1.70. The van der Waals surface area contributed by atoms with Crippen molar-refractivity contribution in [1.29, 1.82) is 5.26 Å². The van der Waals surface area contributed by atoms with E-state index in [2.05, 4.69) is 27.9 Å². The maximum absolute atomic E-state index is 8.76. The number of halogens is 1. The van der Waals surface area contributed by atoms with Crippen molar-refractivity contribution < 1.29 is 0 Å². The molecule has 0 aliphatic rings. The van der Waals surface area contributed by atoms with E-state index in [-0.39, 0.29) is 0 Å². The molecule has 0 amide bonds. The molecule has 1 aromatic heterocycles. The van der Waals surface area contributed by atoms with Crippen LogP contribution in [-0.2, 0) is 13.1 Å². The van der Waals surface area contributed by atoms with Gasteiger partial charge < -0.3 is 9.88 Å². The summed E-state index contributed by atoms with van der Waals surface area (Å²) < 4.78 is 2.06. The molecule has 1 heterocycles. The van der Waals surface area contributed by atoms with Crippen molar-refractivity contribution in [2.24, 2.45) is 0 Å². The highest BCUT2D eigenvalue weighted by Crippen LogP contribution is 2.23. The van der Waals surface area contributed by atoms with Crippen LogP contribution in [0.5, 0.6) is 0 Å². The molecule has 0 fully saturated rings. The lowest BCUT2D eigenvalue weighted by molar-refractivity contribution is 0.708. The molecule has 0 atom stereocenters. The molecular weight excluding hydrogens is 248 g/mol. The van der Waals surface area contributed by atoms with Gasteiger partial charge in [-0.05, 0) is 25.1 Å². The molecule has 92 valence electrons. The number of nitriles is 1. The molecule has 1 aromatic carbocycles. The summed E-state index contributed by atoms with van der Waals surface area (Å²) in [7, 11) is 0. The van der Waals surface area contributed by atoms with Crippen LogP contribution in [-0.4, -0.2) is 9.55 Å². The Morgan fingerprint density at radius 2 is 2.33 bits per heavy atom. The van der Waals surface area contributed by atoms with Crippen LogP contribution in [0.2, 0.25) is 5.02 Å². The number of anilines is 1. The number of aryl methyl sites for hydroxylation is 1. The molecule has 0 saturated heterocycles. The molecule has 0 aliphatic carbocycles. The van der Waals surface area contributed by atoms with Crippen LogP contribution in [0.15, 0.2) is 30.6 Å². The third-order valence-electron chi connectivity index (χ3n) is 2.68. The van der Waals surface area contributed by atoms with Gasteiger partial charge in [0.1, 0.15) is 5.82 Å². The molecule has 1 N–H and O–H groups in total. The number of benzene rings is 1. The number of hydrogen-bond acceptors (Lipinski definition) is 3. The van der Waals surface area contributed by atoms with Crippen LogP contribution in [0.3, 0.4) is 0 Å². The summed E-state index contributed by atoms with van der Waals surface area (Å²) in [6, 6.07) is 7.25. The van der Waals surface area contributed by atoms with Crippen molar-refractivity contribution in [3.8, 4) is 6.07 Å². The summed E-state index contributed by atoms with van der Waals surface area (Å²) in [6.07, 6.45) is 3.72. The summed E-state index contributed by atoms with van der Waals surface area (Å²) in [5.41, 5.74) is 1.36. The quantitative estimate of drug-likeness (QED) is 0.919. The standard InChI is InChI=1S/C13H13ClN4/c1-2-18-6-5-16-13(18)9-17-12-4-3-10(8-15)7-11(12)14/h3-7,17H,2,9H2,1H3. The molecule has 5 heteroatoms. The maximum atomic E-state index is 8.76. The lowest BCUT2D eigenvalue weighted by Crippen LogP contribution is -2.07. The Bertz CT molecular complexity index is 583. The first-order valence-corrected chi connectivity index (χ1v) is 6.06. The zero-order valence-electron chi connectivity index (χ0n) is 10.0. The molecule has 2 rings (SSSR count). The predicted octanol–water partition coefficient (Wildman–Crippen LogP) is 3.04. The second-order valence-electron chi connectivity index (χ2n) is 3.79. The first kappa shape index (κ1) is 12.5.